The van der Waals surface area contributed by atoms with Crippen molar-refractivity contribution in [1.29, 1.82) is 0 Å². The van der Waals surface area contributed by atoms with Gasteiger partial charge in [0.2, 0.25) is 0 Å². The number of aliphatic hydroxyl groups is 1. The van der Waals surface area contributed by atoms with Crippen LogP contribution in [-0.4, -0.2) is 35.5 Å². The predicted molar refractivity (Wildman–Crippen MR) is 236 cm³/mol. The number of benzene rings is 4. The van der Waals surface area contributed by atoms with Gasteiger partial charge in [0.25, 0.3) is 0 Å². The van der Waals surface area contributed by atoms with E-state index in [1.165, 1.54) is 35.8 Å². The first-order chi connectivity index (χ1) is 26.1. The number of phenols is 2. The van der Waals surface area contributed by atoms with E-state index in [0.717, 1.165) is 41.5 Å². The molecular weight excluding hydrogens is 752 g/mol. The van der Waals surface area contributed by atoms with Crippen molar-refractivity contribution in [2.24, 2.45) is 5.92 Å². The number of methoxy groups -OCH3 is 2. The number of hydrogen-bond acceptors (Lipinski definition) is 6. The molecule has 0 radical (unpaired) electrons. The monoisotopic (exact) mass is 822 g/mol. The Bertz CT molecular complexity index is 1500. The lowest BCUT2D eigenvalue weighted by molar-refractivity contribution is -0.144. The predicted octanol–water partition coefficient (Wildman–Crippen LogP) is 13.7. The number of rotatable bonds is 12. The lowest BCUT2D eigenvalue weighted by Gasteiger charge is -2.12. The maximum atomic E-state index is 10.5. The minimum absolute atomic E-state index is 0.0556. The Hall–Kier alpha value is -3.81. The standard InChI is InChI=1S/C12H18O2.C10H13Br.2C10H14O.C6H12O2/c1-4-9(2)11-5-10(8-13)6-12(7-11)14-3;2*1-3-8(2)9-4-6-10(11)7-5-9;1-3-8(2)9-5-4-6-10(11)7-9;1-4-5(2)6(7)8-3/h5-7,9,13H,4,8H2,1-3H3;4-8H,3H2,1-2H3;2*4-8,11H,3H2,1-2H3;5H,4H2,1-3H3. The lowest BCUT2D eigenvalue weighted by Crippen LogP contribution is -2.10. The van der Waals surface area contributed by atoms with E-state index in [0.29, 0.717) is 35.2 Å². The van der Waals surface area contributed by atoms with Crippen LogP contribution in [0.4, 0.5) is 0 Å². The summed E-state index contributed by atoms with van der Waals surface area (Å²) >= 11 is 3.42. The van der Waals surface area contributed by atoms with Crippen molar-refractivity contribution in [1.82, 2.24) is 0 Å². The number of aromatic hydroxyl groups is 2. The van der Waals surface area contributed by atoms with Gasteiger partial charge in [-0.1, -0.05) is 128 Å². The van der Waals surface area contributed by atoms with Gasteiger partial charge in [-0.25, -0.2) is 0 Å². The Morgan fingerprint density at radius 1 is 0.582 bits per heavy atom. The summed E-state index contributed by atoms with van der Waals surface area (Å²) in [6, 6.07) is 29.4. The Morgan fingerprint density at radius 2 is 1.05 bits per heavy atom. The third kappa shape index (κ3) is 21.2. The highest BCUT2D eigenvalue weighted by molar-refractivity contribution is 9.10. The molecule has 0 aromatic heterocycles. The molecule has 0 fully saturated rings. The summed E-state index contributed by atoms with van der Waals surface area (Å²) in [5.74, 6) is 3.80. The summed E-state index contributed by atoms with van der Waals surface area (Å²) in [6.45, 7) is 21.3. The van der Waals surface area contributed by atoms with Crippen molar-refractivity contribution >= 4 is 21.9 Å². The minimum Gasteiger partial charge on any atom is -0.508 e. The van der Waals surface area contributed by atoms with Gasteiger partial charge < -0.3 is 24.8 Å². The average Bonchev–Trinajstić information content (AvgIpc) is 3.22. The SMILES string of the molecule is CCC(C)C(=O)OC.CCC(C)c1cc(CO)cc(OC)c1.CCC(C)c1ccc(Br)cc1.CCC(C)c1ccc(O)cc1.CCC(C)c1cccc(O)c1. The Balaban J connectivity index is 0.000000670. The van der Waals surface area contributed by atoms with Crippen LogP contribution in [-0.2, 0) is 16.1 Å². The molecule has 5 unspecified atom stereocenters. The van der Waals surface area contributed by atoms with Gasteiger partial charge in [-0.3, -0.25) is 4.79 Å². The molecule has 0 saturated heterocycles. The van der Waals surface area contributed by atoms with Crippen molar-refractivity contribution < 1.29 is 29.6 Å². The molecule has 5 atom stereocenters. The first kappa shape index (κ1) is 51.2. The number of carbonyl (C=O) groups is 1. The fourth-order valence-electron chi connectivity index (χ4n) is 4.92. The first-order valence-corrected chi connectivity index (χ1v) is 20.6. The molecule has 306 valence electrons. The minimum atomic E-state index is -0.118. The summed E-state index contributed by atoms with van der Waals surface area (Å²) in [7, 11) is 3.06. The van der Waals surface area contributed by atoms with Crippen LogP contribution in [0.5, 0.6) is 17.2 Å². The Labute approximate surface area is 342 Å². The van der Waals surface area contributed by atoms with E-state index in [4.69, 9.17) is 20.1 Å². The highest BCUT2D eigenvalue weighted by atomic mass is 79.9. The zero-order valence-electron chi connectivity index (χ0n) is 35.7. The number of esters is 1. The molecule has 4 rings (SSSR count). The molecule has 0 bridgehead atoms. The second-order valence-corrected chi connectivity index (χ2v) is 15.0. The Kier molecular flexibility index (Phi) is 27.4. The van der Waals surface area contributed by atoms with E-state index >= 15 is 0 Å². The van der Waals surface area contributed by atoms with Crippen LogP contribution >= 0.6 is 15.9 Å². The van der Waals surface area contributed by atoms with Gasteiger partial charge in [-0.15, -0.1) is 0 Å². The molecule has 4 aromatic carbocycles. The zero-order chi connectivity index (χ0) is 41.9. The maximum Gasteiger partial charge on any atom is 0.308 e. The van der Waals surface area contributed by atoms with Crippen molar-refractivity contribution in [2.75, 3.05) is 14.2 Å². The van der Waals surface area contributed by atoms with Crippen LogP contribution < -0.4 is 4.74 Å². The Morgan fingerprint density at radius 3 is 1.45 bits per heavy atom. The number of phenolic OH excluding ortho intramolecular Hbond substituents is 2. The summed E-state index contributed by atoms with van der Waals surface area (Å²) in [6.07, 6.45) is 5.42. The summed E-state index contributed by atoms with van der Waals surface area (Å²) in [5.41, 5.74) is 6.09. The van der Waals surface area contributed by atoms with Gasteiger partial charge in [0.1, 0.15) is 17.2 Å². The quantitative estimate of drug-likeness (QED) is 0.123. The van der Waals surface area contributed by atoms with Crippen LogP contribution in [0.1, 0.15) is 153 Å². The van der Waals surface area contributed by atoms with Gasteiger partial charge in [-0.05, 0) is 132 Å². The third-order valence-corrected chi connectivity index (χ3v) is 10.5. The number of halogens is 1. The molecule has 0 aliphatic heterocycles. The molecule has 0 aliphatic carbocycles. The van der Waals surface area contributed by atoms with Crippen molar-refractivity contribution in [3.63, 3.8) is 0 Å². The second-order valence-electron chi connectivity index (χ2n) is 14.1. The van der Waals surface area contributed by atoms with Crippen molar-refractivity contribution in [3.05, 3.63) is 123 Å². The van der Waals surface area contributed by atoms with E-state index in [9.17, 15) is 4.79 Å². The van der Waals surface area contributed by atoms with Gasteiger partial charge >= 0.3 is 5.97 Å². The molecule has 55 heavy (non-hydrogen) atoms. The van der Waals surface area contributed by atoms with Crippen LogP contribution in [0.2, 0.25) is 0 Å². The van der Waals surface area contributed by atoms with Crippen LogP contribution in [0.3, 0.4) is 0 Å². The third-order valence-electron chi connectivity index (χ3n) is 9.98. The fourth-order valence-corrected chi connectivity index (χ4v) is 5.18. The fraction of sp³-hybridized carbons (Fsp3) is 0.479. The zero-order valence-corrected chi connectivity index (χ0v) is 37.3. The summed E-state index contributed by atoms with van der Waals surface area (Å²) in [4.78, 5) is 10.5. The van der Waals surface area contributed by atoms with E-state index in [1.54, 1.807) is 25.3 Å². The van der Waals surface area contributed by atoms with Crippen LogP contribution in [0.15, 0.2) is 95.5 Å². The molecule has 0 spiro atoms. The van der Waals surface area contributed by atoms with E-state index in [2.05, 4.69) is 100 Å². The van der Waals surface area contributed by atoms with Crippen molar-refractivity contribution in [2.45, 2.75) is 132 Å². The molecule has 0 amide bonds. The summed E-state index contributed by atoms with van der Waals surface area (Å²) in [5, 5.41) is 27.2. The highest BCUT2D eigenvalue weighted by Crippen LogP contribution is 2.26. The molecular formula is C48H71BrO6. The largest absolute Gasteiger partial charge is 0.508 e. The van der Waals surface area contributed by atoms with E-state index in [1.807, 2.05) is 62.4 Å². The molecule has 6 nitrogen and oxygen atoms in total. The second kappa shape index (κ2) is 29.5. The molecule has 4 aromatic rings. The van der Waals surface area contributed by atoms with Gasteiger partial charge in [0, 0.05) is 4.47 Å². The van der Waals surface area contributed by atoms with E-state index < -0.39 is 0 Å². The smallest absolute Gasteiger partial charge is 0.308 e. The number of hydrogen-bond donors (Lipinski definition) is 3. The van der Waals surface area contributed by atoms with Gasteiger partial charge in [0.15, 0.2) is 0 Å². The topological polar surface area (TPSA) is 96.2 Å². The number of aliphatic hydroxyl groups excluding tert-OH is 1. The average molecular weight is 824 g/mol. The highest BCUT2D eigenvalue weighted by Gasteiger charge is 2.09. The molecule has 0 heterocycles. The van der Waals surface area contributed by atoms with Crippen LogP contribution in [0, 0.1) is 5.92 Å². The molecule has 3 N–H and O–H groups in total. The normalized spacial score (nSPS) is 12.8. The van der Waals surface area contributed by atoms with Crippen LogP contribution in [0.25, 0.3) is 0 Å². The molecule has 0 saturated carbocycles. The van der Waals surface area contributed by atoms with Gasteiger partial charge in [0.05, 0.1) is 26.7 Å². The first-order valence-electron chi connectivity index (χ1n) is 19.8. The van der Waals surface area contributed by atoms with Crippen molar-refractivity contribution in [3.8, 4) is 17.2 Å². The molecule has 7 heteroatoms. The summed E-state index contributed by atoms with van der Waals surface area (Å²) < 4.78 is 10.8. The maximum absolute atomic E-state index is 10.5. The number of ether oxygens (including phenoxy) is 2. The van der Waals surface area contributed by atoms with Gasteiger partial charge in [-0.2, -0.15) is 0 Å². The lowest BCUT2D eigenvalue weighted by atomic mass is 9.96. The number of carbonyl (C=O) groups excluding carboxylic acids is 1. The molecule has 0 aliphatic rings. The van der Waals surface area contributed by atoms with E-state index in [-0.39, 0.29) is 18.5 Å².